The lowest BCUT2D eigenvalue weighted by Gasteiger charge is -2.14. The van der Waals surface area contributed by atoms with E-state index in [4.69, 9.17) is 9.05 Å². The molecule has 2 fully saturated rings. The molecule has 2 heterocycles. The van der Waals surface area contributed by atoms with Gasteiger partial charge in [0.05, 0.1) is 6.10 Å². The van der Waals surface area contributed by atoms with Gasteiger partial charge in [0.1, 0.15) is 11.5 Å². The summed E-state index contributed by atoms with van der Waals surface area (Å²) >= 11 is 0. The van der Waals surface area contributed by atoms with E-state index in [0.29, 0.717) is 0 Å². The van der Waals surface area contributed by atoms with Crippen LogP contribution in [-0.2, 0) is 10.8 Å². The number of hydrogen-bond donors (Lipinski definition) is 3. The summed E-state index contributed by atoms with van der Waals surface area (Å²) in [4.78, 5) is 0. The Morgan fingerprint density at radius 3 is 1.54 bits per heavy atom. The van der Waals surface area contributed by atoms with Crippen molar-refractivity contribution in [1.29, 1.82) is 0 Å². The van der Waals surface area contributed by atoms with Crippen LogP contribution in [0.5, 0.6) is 11.8 Å². The van der Waals surface area contributed by atoms with Gasteiger partial charge in [-0.05, 0) is 61.7 Å². The summed E-state index contributed by atoms with van der Waals surface area (Å²) in [5.41, 5.74) is 0.152. The van der Waals surface area contributed by atoms with E-state index >= 15 is 0 Å². The van der Waals surface area contributed by atoms with Crippen molar-refractivity contribution in [3.05, 3.63) is 23.7 Å². The first-order chi connectivity index (χ1) is 13.5. The second-order valence-electron chi connectivity index (χ2n) is 8.80. The minimum atomic E-state index is -0.242. The van der Waals surface area contributed by atoms with E-state index in [0.717, 1.165) is 88.6 Å². The average Bonchev–Trinajstić information content (AvgIpc) is 3.56. The summed E-state index contributed by atoms with van der Waals surface area (Å²) < 4.78 is 10.5. The molecule has 2 aliphatic rings. The summed E-state index contributed by atoms with van der Waals surface area (Å²) in [6.45, 7) is 0. The minimum absolute atomic E-state index is 0.0372. The Labute approximate surface area is 164 Å². The van der Waals surface area contributed by atoms with Crippen molar-refractivity contribution in [1.82, 2.24) is 10.3 Å². The number of unbranched alkanes of at least 4 members (excludes halogenated alkanes) is 2. The van der Waals surface area contributed by atoms with Crippen molar-refractivity contribution >= 4 is 0 Å². The van der Waals surface area contributed by atoms with Gasteiger partial charge in [-0.1, -0.05) is 25.7 Å². The number of aromatic hydroxyl groups is 2. The van der Waals surface area contributed by atoms with Crippen LogP contribution in [0.2, 0.25) is 0 Å². The standard InChI is InChI=1S/C21H30N2O5/c24-15(5-1-3-7-20(9-10-20)16-13-18(25)22-27-16)6-2-4-8-21(11-12-21)17-14-19(26)23-28-17/h13-15,24H,1-12H2,(H,22,25)(H,23,26). The lowest BCUT2D eigenvalue weighted by Crippen LogP contribution is -2.09. The molecule has 2 aromatic heterocycles. The SMILES string of the molecule is Oc1cc(C2(CCCCC(O)CCCCC3(c4cc(O)no4)CC3)CC2)on1. The lowest BCUT2D eigenvalue weighted by atomic mass is 9.93. The largest absolute Gasteiger partial charge is 0.491 e. The molecule has 0 unspecified atom stereocenters. The topological polar surface area (TPSA) is 113 Å². The number of hydrogen-bond acceptors (Lipinski definition) is 7. The van der Waals surface area contributed by atoms with Gasteiger partial charge >= 0.3 is 0 Å². The Kier molecular flexibility index (Phi) is 5.36. The van der Waals surface area contributed by atoms with E-state index in [1.807, 2.05) is 0 Å². The van der Waals surface area contributed by atoms with Crippen LogP contribution in [0.15, 0.2) is 21.2 Å². The maximum atomic E-state index is 10.3. The molecule has 0 amide bonds. The number of nitrogens with zero attached hydrogens (tertiary/aromatic N) is 2. The number of aliphatic hydroxyl groups excluding tert-OH is 1. The van der Waals surface area contributed by atoms with Gasteiger partial charge in [-0.3, -0.25) is 0 Å². The van der Waals surface area contributed by atoms with Crippen LogP contribution in [0.1, 0.15) is 88.6 Å². The van der Waals surface area contributed by atoms with Gasteiger partial charge in [0.15, 0.2) is 0 Å². The molecule has 7 nitrogen and oxygen atoms in total. The van der Waals surface area contributed by atoms with Crippen molar-refractivity contribution in [2.75, 3.05) is 0 Å². The first-order valence-corrected chi connectivity index (χ1v) is 10.5. The van der Waals surface area contributed by atoms with Crippen LogP contribution >= 0.6 is 0 Å². The summed E-state index contributed by atoms with van der Waals surface area (Å²) in [6.07, 6.45) is 12.0. The summed E-state index contributed by atoms with van der Waals surface area (Å²) in [5.74, 6) is 1.54. The fourth-order valence-electron chi connectivity index (χ4n) is 4.40. The van der Waals surface area contributed by atoms with Gasteiger partial charge in [-0.2, -0.15) is 0 Å². The molecule has 28 heavy (non-hydrogen) atoms. The first-order valence-electron chi connectivity index (χ1n) is 10.5. The smallest absolute Gasteiger partial charge is 0.251 e. The highest BCUT2D eigenvalue weighted by atomic mass is 16.5. The van der Waals surface area contributed by atoms with Crippen molar-refractivity contribution in [3.8, 4) is 11.8 Å². The van der Waals surface area contributed by atoms with Crippen molar-refractivity contribution in [2.45, 2.75) is 94.0 Å². The highest BCUT2D eigenvalue weighted by molar-refractivity contribution is 5.25. The molecule has 0 spiro atoms. The van der Waals surface area contributed by atoms with Crippen LogP contribution in [-0.4, -0.2) is 31.7 Å². The molecule has 0 aliphatic heterocycles. The van der Waals surface area contributed by atoms with E-state index < -0.39 is 0 Å². The maximum absolute atomic E-state index is 10.3. The highest BCUT2D eigenvalue weighted by Crippen LogP contribution is 2.53. The quantitative estimate of drug-likeness (QED) is 0.463. The molecule has 0 bridgehead atoms. The van der Waals surface area contributed by atoms with Gasteiger partial charge in [0, 0.05) is 23.0 Å². The molecule has 3 N–H and O–H groups in total. The molecule has 0 radical (unpaired) electrons. The fourth-order valence-corrected chi connectivity index (χ4v) is 4.40. The molecular weight excluding hydrogens is 360 g/mol. The van der Waals surface area contributed by atoms with Crippen molar-refractivity contribution in [2.24, 2.45) is 0 Å². The van der Waals surface area contributed by atoms with Crippen molar-refractivity contribution in [3.63, 3.8) is 0 Å². The molecule has 0 atom stereocenters. The predicted molar refractivity (Wildman–Crippen MR) is 101 cm³/mol. The van der Waals surface area contributed by atoms with Crippen LogP contribution in [0.3, 0.4) is 0 Å². The molecule has 2 aliphatic carbocycles. The van der Waals surface area contributed by atoms with Crippen molar-refractivity contribution < 1.29 is 24.4 Å². The second kappa shape index (κ2) is 7.78. The third-order valence-electron chi connectivity index (χ3n) is 6.63. The Bertz CT molecular complexity index is 711. The minimum Gasteiger partial charge on any atom is -0.491 e. The molecule has 2 saturated carbocycles. The fraction of sp³-hybridized carbons (Fsp3) is 0.714. The number of aromatic nitrogens is 2. The zero-order valence-electron chi connectivity index (χ0n) is 16.3. The molecule has 2 aromatic rings. The third-order valence-corrected chi connectivity index (χ3v) is 6.63. The second-order valence-corrected chi connectivity index (χ2v) is 8.80. The van der Waals surface area contributed by atoms with Gasteiger partial charge in [-0.25, -0.2) is 0 Å². The van der Waals surface area contributed by atoms with Crippen LogP contribution < -0.4 is 0 Å². The summed E-state index contributed by atoms with van der Waals surface area (Å²) in [6, 6.07) is 3.27. The van der Waals surface area contributed by atoms with Crippen LogP contribution in [0.4, 0.5) is 0 Å². The van der Waals surface area contributed by atoms with Gasteiger partial charge in [0.25, 0.3) is 11.8 Å². The average molecular weight is 390 g/mol. The van der Waals surface area contributed by atoms with Gasteiger partial charge in [-0.15, -0.1) is 0 Å². The molecule has 7 heteroatoms. The Hall–Kier alpha value is -2.02. The zero-order valence-corrected chi connectivity index (χ0v) is 16.3. The molecule has 0 aromatic carbocycles. The van der Waals surface area contributed by atoms with Crippen LogP contribution in [0, 0.1) is 0 Å². The first kappa shape index (κ1) is 19.3. The maximum Gasteiger partial charge on any atom is 0.251 e. The van der Waals surface area contributed by atoms with E-state index in [-0.39, 0.29) is 28.7 Å². The third kappa shape index (κ3) is 4.35. The van der Waals surface area contributed by atoms with Gasteiger partial charge < -0.3 is 24.4 Å². The molecule has 4 rings (SSSR count). The van der Waals surface area contributed by atoms with E-state index in [9.17, 15) is 15.3 Å². The Balaban J connectivity index is 1.09. The highest BCUT2D eigenvalue weighted by Gasteiger charge is 2.47. The summed E-state index contributed by atoms with van der Waals surface area (Å²) in [5, 5.41) is 36.1. The number of aliphatic hydroxyl groups is 1. The van der Waals surface area contributed by atoms with Crippen LogP contribution in [0.25, 0.3) is 0 Å². The molecule has 154 valence electrons. The monoisotopic (exact) mass is 390 g/mol. The Morgan fingerprint density at radius 1 is 0.786 bits per heavy atom. The predicted octanol–water partition coefficient (Wildman–Crippen LogP) is 4.32. The van der Waals surface area contributed by atoms with E-state index in [1.54, 1.807) is 12.1 Å². The zero-order chi connectivity index (χ0) is 19.6. The van der Waals surface area contributed by atoms with E-state index in [1.165, 1.54) is 0 Å². The lowest BCUT2D eigenvalue weighted by molar-refractivity contribution is 0.146. The number of rotatable bonds is 12. The molecular formula is C21H30N2O5. The normalized spacial score (nSPS) is 19.2. The Morgan fingerprint density at radius 2 is 1.21 bits per heavy atom. The van der Waals surface area contributed by atoms with E-state index in [2.05, 4.69) is 10.3 Å². The molecule has 0 saturated heterocycles. The van der Waals surface area contributed by atoms with Gasteiger partial charge in [0.2, 0.25) is 0 Å². The summed E-state index contributed by atoms with van der Waals surface area (Å²) in [7, 11) is 0.